The smallest absolute Gasteiger partial charge is 0.179 e. The molecule has 3 aromatic carbocycles. The third-order valence-corrected chi connectivity index (χ3v) is 7.52. The molecule has 6 heteroatoms. The van der Waals surface area contributed by atoms with Crippen LogP contribution in [0.5, 0.6) is 0 Å². The summed E-state index contributed by atoms with van der Waals surface area (Å²) in [4.78, 5) is 2.69. The molecule has 0 amide bonds. The van der Waals surface area contributed by atoms with Crippen LogP contribution in [0.4, 0.5) is 5.69 Å². The second-order valence-electron chi connectivity index (χ2n) is 9.50. The summed E-state index contributed by atoms with van der Waals surface area (Å²) in [6.07, 6.45) is 4.24. The molecule has 4 atom stereocenters. The number of anilines is 1. The van der Waals surface area contributed by atoms with Gasteiger partial charge in [-0.1, -0.05) is 84.1 Å². The number of benzene rings is 3. The highest BCUT2D eigenvalue weighted by Gasteiger charge is 2.50. The van der Waals surface area contributed by atoms with Crippen LogP contribution in [-0.2, 0) is 13.0 Å². The highest BCUT2D eigenvalue weighted by Crippen LogP contribution is 2.47. The lowest BCUT2D eigenvalue weighted by Gasteiger charge is -2.43. The van der Waals surface area contributed by atoms with Crippen molar-refractivity contribution in [1.29, 1.82) is 0 Å². The highest BCUT2D eigenvalue weighted by atomic mass is 15.5. The third kappa shape index (κ3) is 4.10. The van der Waals surface area contributed by atoms with Gasteiger partial charge in [-0.2, -0.15) is 5.21 Å². The minimum absolute atomic E-state index is 0.289. The Morgan fingerprint density at radius 1 is 0.824 bits per heavy atom. The molecule has 2 aliphatic heterocycles. The number of nitrogens with one attached hydrogen (secondary N) is 2. The Hall–Kier alpha value is -3.51. The van der Waals surface area contributed by atoms with Crippen molar-refractivity contribution in [2.75, 3.05) is 4.90 Å². The van der Waals surface area contributed by atoms with Crippen LogP contribution in [-0.4, -0.2) is 38.7 Å². The minimum atomic E-state index is 0.289. The summed E-state index contributed by atoms with van der Waals surface area (Å²) in [5.41, 5.74) is 5.39. The van der Waals surface area contributed by atoms with E-state index in [1.807, 2.05) is 0 Å². The maximum absolute atomic E-state index is 4.40. The van der Waals surface area contributed by atoms with Crippen molar-refractivity contribution in [2.45, 2.75) is 56.3 Å². The summed E-state index contributed by atoms with van der Waals surface area (Å²) in [6, 6.07) is 31.6. The van der Waals surface area contributed by atoms with Crippen LogP contribution in [0, 0.1) is 0 Å². The monoisotopic (exact) mass is 450 g/mol. The van der Waals surface area contributed by atoms with Crippen LogP contribution in [0.3, 0.4) is 0 Å². The van der Waals surface area contributed by atoms with Crippen molar-refractivity contribution in [2.24, 2.45) is 0 Å². The number of rotatable bonds is 7. The number of piperidine rings is 1. The number of tetrazole rings is 1. The van der Waals surface area contributed by atoms with Gasteiger partial charge in [0, 0.05) is 36.3 Å². The highest BCUT2D eigenvalue weighted by molar-refractivity contribution is 5.59. The second-order valence-corrected chi connectivity index (χ2v) is 9.50. The predicted octanol–water partition coefficient (Wildman–Crippen LogP) is 4.47. The summed E-state index contributed by atoms with van der Waals surface area (Å²) < 4.78 is 0. The SMILES string of the molecule is c1ccc(CN[C@@H]2CC[C@H]3[C@H](c4nn[nH]n4)C[C@H]2N3c2ccccc2Cc2ccccc2)cc1. The lowest BCUT2D eigenvalue weighted by molar-refractivity contribution is 0.347. The summed E-state index contributed by atoms with van der Waals surface area (Å²) in [6.45, 7) is 0.888. The fourth-order valence-corrected chi connectivity index (χ4v) is 5.98. The zero-order valence-corrected chi connectivity index (χ0v) is 19.2. The van der Waals surface area contributed by atoms with Gasteiger partial charge in [0.1, 0.15) is 0 Å². The zero-order chi connectivity index (χ0) is 22.7. The minimum Gasteiger partial charge on any atom is -0.363 e. The molecule has 0 aliphatic carbocycles. The lowest BCUT2D eigenvalue weighted by Crippen LogP contribution is -2.53. The molecule has 2 N–H and O–H groups in total. The first-order valence-corrected chi connectivity index (χ1v) is 12.3. The second kappa shape index (κ2) is 9.39. The molecule has 1 aromatic heterocycles. The van der Waals surface area contributed by atoms with Gasteiger partial charge in [-0.05, 0) is 48.4 Å². The summed E-state index contributed by atoms with van der Waals surface area (Å²) in [5.74, 6) is 1.14. The average Bonchev–Trinajstić information content (AvgIpc) is 3.51. The predicted molar refractivity (Wildman–Crippen MR) is 134 cm³/mol. The topological polar surface area (TPSA) is 69.7 Å². The molecule has 6 rings (SSSR count). The molecular formula is C28H30N6. The van der Waals surface area contributed by atoms with E-state index in [4.69, 9.17) is 0 Å². The van der Waals surface area contributed by atoms with Crippen LogP contribution in [0.1, 0.15) is 47.7 Å². The van der Waals surface area contributed by atoms with Crippen molar-refractivity contribution >= 4 is 5.69 Å². The summed E-state index contributed by atoms with van der Waals surface area (Å²) in [7, 11) is 0. The summed E-state index contributed by atoms with van der Waals surface area (Å²) >= 11 is 0. The quantitative estimate of drug-likeness (QED) is 0.435. The Morgan fingerprint density at radius 2 is 1.56 bits per heavy atom. The van der Waals surface area contributed by atoms with E-state index in [2.05, 4.69) is 116 Å². The molecule has 0 spiro atoms. The maximum atomic E-state index is 4.40. The molecular weight excluding hydrogens is 420 g/mol. The van der Waals surface area contributed by atoms with E-state index in [0.717, 1.165) is 38.1 Å². The Morgan fingerprint density at radius 3 is 2.32 bits per heavy atom. The molecule has 0 unspecified atom stereocenters. The number of aromatic amines is 1. The van der Waals surface area contributed by atoms with Crippen LogP contribution in [0.2, 0.25) is 0 Å². The Labute approximate surface area is 200 Å². The van der Waals surface area contributed by atoms with Gasteiger partial charge in [0.2, 0.25) is 0 Å². The van der Waals surface area contributed by atoms with E-state index in [-0.39, 0.29) is 5.92 Å². The van der Waals surface area contributed by atoms with Crippen molar-refractivity contribution in [1.82, 2.24) is 25.9 Å². The van der Waals surface area contributed by atoms with E-state index in [1.54, 1.807) is 0 Å². The van der Waals surface area contributed by atoms with Gasteiger partial charge < -0.3 is 10.2 Å². The standard InChI is InChI=1S/C28H30N6/c1-3-9-20(10-4-1)17-22-13-7-8-14-25(22)34-26-16-15-24(29-19-21-11-5-2-6-12-21)27(34)18-23(26)28-30-32-33-31-28/h1-14,23-24,26-27,29H,15-19H2,(H,30,31,32,33)/t23-,24-,26+,27-/m1/s1. The van der Waals surface area contributed by atoms with Gasteiger partial charge in [0.15, 0.2) is 5.82 Å². The number of hydrogen-bond acceptors (Lipinski definition) is 5. The molecule has 2 aliphatic rings. The van der Waals surface area contributed by atoms with E-state index in [1.165, 1.54) is 22.4 Å². The number of aromatic nitrogens is 4. The van der Waals surface area contributed by atoms with Crippen LogP contribution >= 0.6 is 0 Å². The van der Waals surface area contributed by atoms with E-state index in [9.17, 15) is 0 Å². The van der Waals surface area contributed by atoms with Gasteiger partial charge in [-0.3, -0.25) is 0 Å². The molecule has 2 saturated heterocycles. The van der Waals surface area contributed by atoms with Crippen LogP contribution in [0.25, 0.3) is 0 Å². The molecule has 3 heterocycles. The molecule has 2 bridgehead atoms. The molecule has 0 radical (unpaired) electrons. The fraction of sp³-hybridized carbons (Fsp3) is 0.321. The van der Waals surface area contributed by atoms with E-state index >= 15 is 0 Å². The third-order valence-electron chi connectivity index (χ3n) is 7.52. The molecule has 4 aromatic rings. The first kappa shape index (κ1) is 21.1. The fourth-order valence-electron chi connectivity index (χ4n) is 5.98. The van der Waals surface area contributed by atoms with E-state index in [0.29, 0.717) is 18.1 Å². The Bertz CT molecular complexity index is 1190. The molecule has 34 heavy (non-hydrogen) atoms. The number of hydrogen-bond donors (Lipinski definition) is 2. The van der Waals surface area contributed by atoms with Crippen molar-refractivity contribution < 1.29 is 0 Å². The number of H-pyrrole nitrogens is 1. The van der Waals surface area contributed by atoms with Gasteiger partial charge in [0.25, 0.3) is 0 Å². The normalized spacial score (nSPS) is 23.8. The van der Waals surface area contributed by atoms with Crippen molar-refractivity contribution in [3.05, 3.63) is 107 Å². The number of fused-ring (bicyclic) bond motifs is 2. The first-order valence-electron chi connectivity index (χ1n) is 12.3. The van der Waals surface area contributed by atoms with Crippen LogP contribution < -0.4 is 10.2 Å². The number of para-hydroxylation sites is 1. The Balaban J connectivity index is 1.32. The molecule has 172 valence electrons. The van der Waals surface area contributed by atoms with Gasteiger partial charge in [-0.25, -0.2) is 0 Å². The zero-order valence-electron chi connectivity index (χ0n) is 19.2. The van der Waals surface area contributed by atoms with Gasteiger partial charge in [0.05, 0.1) is 0 Å². The largest absolute Gasteiger partial charge is 0.363 e. The van der Waals surface area contributed by atoms with Gasteiger partial charge in [-0.15, -0.1) is 10.2 Å². The first-order chi connectivity index (χ1) is 16.9. The molecule has 2 fully saturated rings. The Kier molecular flexibility index (Phi) is 5.81. The van der Waals surface area contributed by atoms with Crippen molar-refractivity contribution in [3.63, 3.8) is 0 Å². The number of nitrogens with zero attached hydrogens (tertiary/aromatic N) is 4. The van der Waals surface area contributed by atoms with Crippen molar-refractivity contribution in [3.8, 4) is 0 Å². The average molecular weight is 451 g/mol. The summed E-state index contributed by atoms with van der Waals surface area (Å²) in [5, 5.41) is 19.3. The van der Waals surface area contributed by atoms with E-state index < -0.39 is 0 Å². The maximum Gasteiger partial charge on any atom is 0.179 e. The van der Waals surface area contributed by atoms with Crippen LogP contribution in [0.15, 0.2) is 84.9 Å². The lowest BCUT2D eigenvalue weighted by atomic mass is 9.93. The molecule has 0 saturated carbocycles. The van der Waals surface area contributed by atoms with Gasteiger partial charge >= 0.3 is 0 Å². The molecule has 6 nitrogen and oxygen atoms in total.